The van der Waals surface area contributed by atoms with Crippen molar-refractivity contribution in [3.63, 3.8) is 0 Å². The van der Waals surface area contributed by atoms with E-state index in [4.69, 9.17) is 5.73 Å². The summed E-state index contributed by atoms with van der Waals surface area (Å²) < 4.78 is -0.458. The van der Waals surface area contributed by atoms with Crippen molar-refractivity contribution in [3.05, 3.63) is 29.8 Å². The van der Waals surface area contributed by atoms with Gasteiger partial charge in [0.1, 0.15) is 17.8 Å². The Balaban J connectivity index is 1.90. The number of aliphatic carboxylic acids is 1. The number of carboxylic acid groups (broad SMARTS) is 1. The molecule has 126 valence electrons. The van der Waals surface area contributed by atoms with E-state index in [0.717, 1.165) is 0 Å². The van der Waals surface area contributed by atoms with Crippen LogP contribution in [0.4, 0.5) is 0 Å². The average molecular weight is 339 g/mol. The molecule has 0 aliphatic carbocycles. The lowest BCUT2D eigenvalue weighted by atomic mass is 10.0. The molecule has 2 rings (SSSR count). The van der Waals surface area contributed by atoms with Crippen LogP contribution in [-0.2, 0) is 9.59 Å². The number of rotatable bonds is 5. The summed E-state index contributed by atoms with van der Waals surface area (Å²) in [4.78, 5) is 23.3. The summed E-state index contributed by atoms with van der Waals surface area (Å²) in [7, 11) is 0. The maximum atomic E-state index is 12.1. The molecule has 3 atom stereocenters. The third kappa shape index (κ3) is 4.15. The molecule has 7 nitrogen and oxygen atoms in total. The summed E-state index contributed by atoms with van der Waals surface area (Å²) in [6.45, 7) is 3.99. The summed E-state index contributed by atoms with van der Waals surface area (Å²) in [5.41, 5.74) is 6.48. The van der Waals surface area contributed by atoms with Crippen molar-refractivity contribution in [2.75, 3.05) is 6.54 Å². The molecule has 1 aliphatic heterocycles. The third-order valence-corrected chi connectivity index (χ3v) is 5.17. The minimum absolute atomic E-state index is 0.106. The van der Waals surface area contributed by atoms with Gasteiger partial charge in [-0.05, 0) is 31.5 Å². The average Bonchev–Trinajstić information content (AvgIpc) is 2.80. The van der Waals surface area contributed by atoms with Crippen LogP contribution in [0, 0.1) is 0 Å². The van der Waals surface area contributed by atoms with Crippen LogP contribution in [-0.4, -0.2) is 44.8 Å². The Labute approximate surface area is 138 Å². The van der Waals surface area contributed by atoms with E-state index >= 15 is 0 Å². The summed E-state index contributed by atoms with van der Waals surface area (Å²) in [6.07, 6.45) is 0. The van der Waals surface area contributed by atoms with Gasteiger partial charge >= 0.3 is 5.97 Å². The van der Waals surface area contributed by atoms with E-state index in [0.29, 0.717) is 5.56 Å². The van der Waals surface area contributed by atoms with Gasteiger partial charge in [0.05, 0.1) is 5.37 Å². The number of hydrogen-bond acceptors (Lipinski definition) is 6. The Kier molecular flexibility index (Phi) is 5.18. The number of aromatic hydroxyl groups is 1. The quantitative estimate of drug-likeness (QED) is 0.526. The largest absolute Gasteiger partial charge is 0.508 e. The highest BCUT2D eigenvalue weighted by Crippen LogP contribution is 2.37. The number of nitrogens with two attached hydrogens (primary N) is 1. The number of benzene rings is 1. The molecule has 0 saturated carbocycles. The first-order valence-corrected chi connectivity index (χ1v) is 8.07. The second kappa shape index (κ2) is 6.77. The highest BCUT2D eigenvalue weighted by molar-refractivity contribution is 8.01. The number of phenolic OH excluding ortho intramolecular Hbond substituents is 1. The number of thioether (sulfide) groups is 1. The normalized spacial score (nSPS) is 24.1. The highest BCUT2D eigenvalue weighted by Gasteiger charge is 2.45. The smallest absolute Gasteiger partial charge is 0.322 e. The first-order valence-electron chi connectivity index (χ1n) is 7.19. The van der Waals surface area contributed by atoms with Crippen molar-refractivity contribution in [1.29, 1.82) is 0 Å². The minimum atomic E-state index is -0.905. The van der Waals surface area contributed by atoms with Gasteiger partial charge in [-0.25, -0.2) is 0 Å². The molecule has 1 saturated heterocycles. The lowest BCUT2D eigenvalue weighted by Crippen LogP contribution is -2.47. The van der Waals surface area contributed by atoms with E-state index in [1.54, 1.807) is 12.1 Å². The standard InChI is InChI=1S/C15H21N3O4S/c1-15(2)12(14(21)22)18-10(23-15)7-17-13(20)11(16)8-3-5-9(19)6-4-8/h3-6,10-12,18-19H,7,16H2,1-2H3,(H,17,20)(H,21,22)/t10?,11-,12+/m0/s1. The lowest BCUT2D eigenvalue weighted by Gasteiger charge is -2.20. The fourth-order valence-electron chi connectivity index (χ4n) is 2.46. The molecule has 1 aromatic rings. The Bertz CT molecular complexity index is 591. The summed E-state index contributed by atoms with van der Waals surface area (Å²) in [5, 5.41) is 24.0. The number of nitrogens with one attached hydrogen (secondary N) is 2. The topological polar surface area (TPSA) is 125 Å². The maximum Gasteiger partial charge on any atom is 0.322 e. The second-order valence-corrected chi connectivity index (χ2v) is 7.82. The van der Waals surface area contributed by atoms with Crippen molar-refractivity contribution in [2.45, 2.75) is 36.1 Å². The first kappa shape index (κ1) is 17.6. The maximum absolute atomic E-state index is 12.1. The summed E-state index contributed by atoms with van der Waals surface area (Å²) in [6, 6.07) is 4.61. The van der Waals surface area contributed by atoms with E-state index in [9.17, 15) is 19.8 Å². The van der Waals surface area contributed by atoms with Gasteiger partial charge in [0.2, 0.25) is 5.91 Å². The molecule has 1 unspecified atom stereocenters. The molecule has 0 spiro atoms. The van der Waals surface area contributed by atoms with Crippen LogP contribution in [0.3, 0.4) is 0 Å². The predicted molar refractivity (Wildman–Crippen MR) is 88.1 cm³/mol. The van der Waals surface area contributed by atoms with Crippen LogP contribution >= 0.6 is 11.8 Å². The molecular weight excluding hydrogens is 318 g/mol. The summed E-state index contributed by atoms with van der Waals surface area (Å²) >= 11 is 1.48. The van der Waals surface area contributed by atoms with Gasteiger partial charge in [-0.3, -0.25) is 14.9 Å². The predicted octanol–water partition coefficient (Wildman–Crippen LogP) is 0.403. The zero-order valence-corrected chi connectivity index (χ0v) is 13.8. The van der Waals surface area contributed by atoms with Crippen molar-refractivity contribution in [2.24, 2.45) is 5.73 Å². The molecule has 1 heterocycles. The van der Waals surface area contributed by atoms with Gasteiger partial charge in [0.15, 0.2) is 0 Å². The van der Waals surface area contributed by atoms with Crippen molar-refractivity contribution < 1.29 is 19.8 Å². The van der Waals surface area contributed by atoms with Gasteiger partial charge in [-0.15, -0.1) is 11.8 Å². The monoisotopic (exact) mass is 339 g/mol. The van der Waals surface area contributed by atoms with Crippen LogP contribution in [0.15, 0.2) is 24.3 Å². The molecule has 1 amide bonds. The van der Waals surface area contributed by atoms with E-state index in [1.807, 2.05) is 13.8 Å². The molecule has 0 bridgehead atoms. The fraction of sp³-hybridized carbons (Fsp3) is 0.467. The molecule has 0 radical (unpaired) electrons. The molecule has 23 heavy (non-hydrogen) atoms. The van der Waals surface area contributed by atoms with Crippen LogP contribution in [0.1, 0.15) is 25.5 Å². The molecule has 6 N–H and O–H groups in total. The fourth-order valence-corrected chi connectivity index (χ4v) is 3.87. The van der Waals surface area contributed by atoms with Crippen LogP contribution in [0.2, 0.25) is 0 Å². The number of amides is 1. The van der Waals surface area contributed by atoms with E-state index in [-0.39, 0.29) is 23.6 Å². The Morgan fingerprint density at radius 2 is 2.00 bits per heavy atom. The Morgan fingerprint density at radius 3 is 2.52 bits per heavy atom. The highest BCUT2D eigenvalue weighted by atomic mass is 32.2. The van der Waals surface area contributed by atoms with Gasteiger partial charge in [-0.1, -0.05) is 12.1 Å². The number of carbonyl (C=O) groups excluding carboxylic acids is 1. The van der Waals surface area contributed by atoms with Gasteiger partial charge in [-0.2, -0.15) is 0 Å². The lowest BCUT2D eigenvalue weighted by molar-refractivity contribution is -0.139. The minimum Gasteiger partial charge on any atom is -0.508 e. The van der Waals surface area contributed by atoms with Gasteiger partial charge < -0.3 is 21.3 Å². The zero-order chi connectivity index (χ0) is 17.2. The van der Waals surface area contributed by atoms with Crippen LogP contribution < -0.4 is 16.4 Å². The molecule has 1 aromatic carbocycles. The van der Waals surface area contributed by atoms with Crippen molar-refractivity contribution in [3.8, 4) is 5.75 Å². The number of carboxylic acids is 1. The van der Waals surface area contributed by atoms with Gasteiger partial charge in [0, 0.05) is 11.3 Å². The van der Waals surface area contributed by atoms with Crippen LogP contribution in [0.5, 0.6) is 5.75 Å². The second-order valence-electron chi connectivity index (χ2n) is 5.96. The number of phenols is 1. The molecule has 0 aromatic heterocycles. The van der Waals surface area contributed by atoms with E-state index < -0.39 is 22.8 Å². The first-order chi connectivity index (χ1) is 10.7. The third-order valence-electron chi connectivity index (χ3n) is 3.74. The Hall–Kier alpha value is -1.77. The van der Waals surface area contributed by atoms with E-state index in [1.165, 1.54) is 23.9 Å². The zero-order valence-electron chi connectivity index (χ0n) is 12.9. The van der Waals surface area contributed by atoms with Crippen molar-refractivity contribution >= 4 is 23.6 Å². The van der Waals surface area contributed by atoms with Crippen molar-refractivity contribution in [1.82, 2.24) is 10.6 Å². The van der Waals surface area contributed by atoms with E-state index in [2.05, 4.69) is 10.6 Å². The number of carbonyl (C=O) groups is 2. The molecular formula is C15H21N3O4S. The SMILES string of the molecule is CC1(C)SC(CNC(=O)[C@@H](N)c2ccc(O)cc2)N[C@@H]1C(=O)O. The molecule has 8 heteroatoms. The number of hydrogen-bond donors (Lipinski definition) is 5. The molecule has 1 aliphatic rings. The Morgan fingerprint density at radius 1 is 1.39 bits per heavy atom. The van der Waals surface area contributed by atoms with Crippen LogP contribution in [0.25, 0.3) is 0 Å². The molecule has 1 fully saturated rings. The van der Waals surface area contributed by atoms with Gasteiger partial charge in [0.25, 0.3) is 0 Å². The summed E-state index contributed by atoms with van der Waals surface area (Å²) in [5.74, 6) is -1.15.